The van der Waals surface area contributed by atoms with Crippen LogP contribution in [-0.4, -0.2) is 19.7 Å². The standard InChI is InChI=1S/C15H13Cl2N5/c1-22-8-10(6-9-4-2-3-5-11(9)16)14(21-22)12-7-13(17)20-15(18)19-12/h2-5,7-8H,6H2,1H3,(H2,18,19,20). The number of aryl methyl sites for hydroxylation is 1. The molecule has 0 saturated carbocycles. The largest absolute Gasteiger partial charge is 0.368 e. The minimum absolute atomic E-state index is 0.122. The fourth-order valence-electron chi connectivity index (χ4n) is 2.29. The maximum Gasteiger partial charge on any atom is 0.222 e. The molecule has 0 radical (unpaired) electrons. The van der Waals surface area contributed by atoms with E-state index in [1.165, 1.54) is 0 Å². The van der Waals surface area contributed by atoms with Gasteiger partial charge in [-0.3, -0.25) is 4.68 Å². The molecule has 5 nitrogen and oxygen atoms in total. The monoisotopic (exact) mass is 333 g/mol. The van der Waals surface area contributed by atoms with Crippen molar-refractivity contribution >= 4 is 29.2 Å². The highest BCUT2D eigenvalue weighted by molar-refractivity contribution is 6.31. The first-order valence-electron chi connectivity index (χ1n) is 6.59. The third-order valence-corrected chi connectivity index (χ3v) is 3.76. The zero-order valence-electron chi connectivity index (χ0n) is 11.8. The first kappa shape index (κ1) is 14.8. The fourth-order valence-corrected chi connectivity index (χ4v) is 2.68. The molecule has 7 heteroatoms. The van der Waals surface area contributed by atoms with Gasteiger partial charge in [0, 0.05) is 36.3 Å². The Labute approximate surface area is 137 Å². The van der Waals surface area contributed by atoms with Crippen molar-refractivity contribution in [3.63, 3.8) is 0 Å². The summed E-state index contributed by atoms with van der Waals surface area (Å²) in [4.78, 5) is 8.09. The van der Waals surface area contributed by atoms with Crippen molar-refractivity contribution in [3.8, 4) is 11.4 Å². The molecule has 0 saturated heterocycles. The Hall–Kier alpha value is -2.11. The molecule has 1 aromatic carbocycles. The molecule has 3 rings (SSSR count). The summed E-state index contributed by atoms with van der Waals surface area (Å²) in [5, 5.41) is 5.47. The van der Waals surface area contributed by atoms with Gasteiger partial charge in [-0.15, -0.1) is 0 Å². The first-order valence-corrected chi connectivity index (χ1v) is 7.35. The molecule has 112 valence electrons. The predicted molar refractivity (Wildman–Crippen MR) is 87.9 cm³/mol. The van der Waals surface area contributed by atoms with Crippen molar-refractivity contribution in [2.24, 2.45) is 7.05 Å². The molecule has 22 heavy (non-hydrogen) atoms. The van der Waals surface area contributed by atoms with Gasteiger partial charge in [0.25, 0.3) is 0 Å². The van der Waals surface area contributed by atoms with Gasteiger partial charge < -0.3 is 5.73 Å². The predicted octanol–water partition coefficient (Wildman–Crippen LogP) is 3.36. The minimum Gasteiger partial charge on any atom is -0.368 e. The molecule has 0 amide bonds. The van der Waals surface area contributed by atoms with Gasteiger partial charge >= 0.3 is 0 Å². The van der Waals surface area contributed by atoms with Gasteiger partial charge in [-0.25, -0.2) is 9.97 Å². The smallest absolute Gasteiger partial charge is 0.222 e. The van der Waals surface area contributed by atoms with Crippen LogP contribution in [0.2, 0.25) is 10.2 Å². The number of anilines is 1. The molecule has 0 bridgehead atoms. The Morgan fingerprint density at radius 1 is 1.14 bits per heavy atom. The van der Waals surface area contributed by atoms with Crippen LogP contribution in [0.25, 0.3) is 11.4 Å². The van der Waals surface area contributed by atoms with Crippen molar-refractivity contribution in [1.82, 2.24) is 19.7 Å². The van der Waals surface area contributed by atoms with E-state index in [0.717, 1.165) is 21.8 Å². The Morgan fingerprint density at radius 2 is 1.91 bits per heavy atom. The number of halogens is 2. The van der Waals surface area contributed by atoms with Gasteiger partial charge in [0.2, 0.25) is 5.95 Å². The maximum absolute atomic E-state index is 6.24. The molecule has 0 spiro atoms. The van der Waals surface area contributed by atoms with Crippen molar-refractivity contribution in [1.29, 1.82) is 0 Å². The van der Waals surface area contributed by atoms with Crippen LogP contribution in [0, 0.1) is 0 Å². The van der Waals surface area contributed by atoms with Crippen LogP contribution >= 0.6 is 23.2 Å². The number of aromatic nitrogens is 4. The van der Waals surface area contributed by atoms with Crippen molar-refractivity contribution < 1.29 is 0 Å². The molecule has 3 aromatic rings. The molecule has 2 aromatic heterocycles. The summed E-state index contributed by atoms with van der Waals surface area (Å²) in [6.07, 6.45) is 2.58. The molecule has 0 atom stereocenters. The van der Waals surface area contributed by atoms with Crippen LogP contribution in [-0.2, 0) is 13.5 Å². The molecule has 0 aliphatic heterocycles. The molecular weight excluding hydrogens is 321 g/mol. The third-order valence-electron chi connectivity index (χ3n) is 3.20. The average molecular weight is 334 g/mol. The summed E-state index contributed by atoms with van der Waals surface area (Å²) in [6.45, 7) is 0. The zero-order valence-corrected chi connectivity index (χ0v) is 13.3. The summed E-state index contributed by atoms with van der Waals surface area (Å²) in [5.41, 5.74) is 9.00. The summed E-state index contributed by atoms with van der Waals surface area (Å²) < 4.78 is 1.73. The molecular formula is C15H13Cl2N5. The van der Waals surface area contributed by atoms with Crippen molar-refractivity contribution in [3.05, 3.63) is 57.8 Å². The number of rotatable bonds is 3. The second kappa shape index (κ2) is 5.94. The van der Waals surface area contributed by atoms with Gasteiger partial charge in [0.15, 0.2) is 0 Å². The Balaban J connectivity index is 2.05. The number of hydrogen-bond acceptors (Lipinski definition) is 4. The van der Waals surface area contributed by atoms with Gasteiger partial charge in [-0.05, 0) is 11.6 Å². The topological polar surface area (TPSA) is 69.6 Å². The van der Waals surface area contributed by atoms with Crippen molar-refractivity contribution in [2.45, 2.75) is 6.42 Å². The van der Waals surface area contributed by atoms with E-state index in [1.54, 1.807) is 10.7 Å². The summed E-state index contributed by atoms with van der Waals surface area (Å²) >= 11 is 12.2. The molecule has 2 heterocycles. The van der Waals surface area contributed by atoms with Gasteiger partial charge in [-0.2, -0.15) is 5.10 Å². The van der Waals surface area contributed by atoms with E-state index in [-0.39, 0.29) is 11.1 Å². The van der Waals surface area contributed by atoms with Crippen LogP contribution in [0.1, 0.15) is 11.1 Å². The van der Waals surface area contributed by atoms with E-state index >= 15 is 0 Å². The lowest BCUT2D eigenvalue weighted by Crippen LogP contribution is -1.99. The number of hydrogen-bond donors (Lipinski definition) is 1. The maximum atomic E-state index is 6.24. The van der Waals surface area contributed by atoms with Crippen molar-refractivity contribution in [2.75, 3.05) is 5.73 Å². The zero-order chi connectivity index (χ0) is 15.7. The summed E-state index contributed by atoms with van der Waals surface area (Å²) in [6, 6.07) is 9.36. The number of benzene rings is 1. The molecule has 0 aliphatic carbocycles. The second-order valence-electron chi connectivity index (χ2n) is 4.88. The van der Waals surface area contributed by atoms with E-state index in [2.05, 4.69) is 15.1 Å². The van der Waals surface area contributed by atoms with E-state index < -0.39 is 0 Å². The highest BCUT2D eigenvalue weighted by Gasteiger charge is 2.14. The molecule has 0 unspecified atom stereocenters. The summed E-state index contributed by atoms with van der Waals surface area (Å²) in [7, 11) is 1.85. The Morgan fingerprint density at radius 3 is 2.64 bits per heavy atom. The van der Waals surface area contributed by atoms with Crippen LogP contribution < -0.4 is 5.73 Å². The molecule has 2 N–H and O–H groups in total. The van der Waals surface area contributed by atoms with E-state index in [9.17, 15) is 0 Å². The minimum atomic E-state index is 0.122. The Kier molecular flexibility index (Phi) is 4.00. The van der Waals surface area contributed by atoms with Crippen LogP contribution in [0.15, 0.2) is 36.5 Å². The highest BCUT2D eigenvalue weighted by Crippen LogP contribution is 2.27. The highest BCUT2D eigenvalue weighted by atomic mass is 35.5. The van der Waals surface area contributed by atoms with E-state index in [4.69, 9.17) is 28.9 Å². The number of nitrogens with two attached hydrogens (primary N) is 1. The van der Waals surface area contributed by atoms with Crippen LogP contribution in [0.3, 0.4) is 0 Å². The number of nitrogen functional groups attached to an aromatic ring is 1. The number of nitrogens with zero attached hydrogens (tertiary/aromatic N) is 4. The Bertz CT molecular complexity index is 808. The fraction of sp³-hybridized carbons (Fsp3) is 0.133. The van der Waals surface area contributed by atoms with Gasteiger partial charge in [0.1, 0.15) is 10.8 Å². The SMILES string of the molecule is Cn1cc(Cc2ccccc2Cl)c(-c2cc(Cl)nc(N)n2)n1. The molecule has 0 aliphatic rings. The first-order chi connectivity index (χ1) is 10.5. The second-order valence-corrected chi connectivity index (χ2v) is 5.67. The average Bonchev–Trinajstić information content (AvgIpc) is 2.81. The van der Waals surface area contributed by atoms with Crippen LogP contribution in [0.4, 0.5) is 5.95 Å². The van der Waals surface area contributed by atoms with Crippen LogP contribution in [0.5, 0.6) is 0 Å². The molecule has 0 fully saturated rings. The quantitative estimate of drug-likeness (QED) is 0.746. The summed E-state index contributed by atoms with van der Waals surface area (Å²) in [5.74, 6) is 0.122. The lowest BCUT2D eigenvalue weighted by Gasteiger charge is -2.05. The third kappa shape index (κ3) is 3.05. The normalized spacial score (nSPS) is 10.9. The van der Waals surface area contributed by atoms with E-state index in [0.29, 0.717) is 12.1 Å². The van der Waals surface area contributed by atoms with E-state index in [1.807, 2.05) is 37.5 Å². The van der Waals surface area contributed by atoms with Gasteiger partial charge in [-0.1, -0.05) is 41.4 Å². The lowest BCUT2D eigenvalue weighted by atomic mass is 10.0. The lowest BCUT2D eigenvalue weighted by molar-refractivity contribution is 0.769. The van der Waals surface area contributed by atoms with Gasteiger partial charge in [0.05, 0.1) is 5.69 Å².